The zero-order valence-electron chi connectivity index (χ0n) is 19.8. The Labute approximate surface area is 225 Å². The molecule has 0 radical (unpaired) electrons. The molecule has 0 aliphatic heterocycles. The highest BCUT2D eigenvalue weighted by Gasteiger charge is 2.11. The monoisotopic (exact) mass is 543 g/mol. The van der Waals surface area contributed by atoms with Gasteiger partial charge in [0.25, 0.3) is 0 Å². The molecule has 0 atom stereocenters. The van der Waals surface area contributed by atoms with E-state index >= 15 is 0 Å². The lowest BCUT2D eigenvalue weighted by molar-refractivity contribution is 0.0734. The van der Waals surface area contributed by atoms with E-state index in [4.69, 9.17) is 4.74 Å². The minimum absolute atomic E-state index is 0.404. The van der Waals surface area contributed by atoms with E-state index in [1.807, 2.05) is 72.8 Å². The summed E-state index contributed by atoms with van der Waals surface area (Å²) in [5.74, 6) is 6.48. The zero-order valence-corrected chi connectivity index (χ0v) is 21.4. The summed E-state index contributed by atoms with van der Waals surface area (Å²) in [6.07, 6.45) is 0. The van der Waals surface area contributed by atoms with Crippen molar-refractivity contribution in [2.75, 3.05) is 4.90 Å². The summed E-state index contributed by atoms with van der Waals surface area (Å²) in [6, 6.07) is 43.0. The second-order valence-corrected chi connectivity index (χ2v) is 9.14. The number of esters is 1. The van der Waals surface area contributed by atoms with Gasteiger partial charge in [0, 0.05) is 32.7 Å². The Hall–Kier alpha value is -4.59. The van der Waals surface area contributed by atoms with Crippen LogP contribution in [0, 0.1) is 11.8 Å². The van der Waals surface area contributed by atoms with Gasteiger partial charge in [-0.25, -0.2) is 4.79 Å². The number of rotatable bonds is 5. The van der Waals surface area contributed by atoms with E-state index in [1.54, 1.807) is 24.3 Å². The van der Waals surface area contributed by atoms with E-state index in [1.165, 1.54) is 0 Å². The molecule has 0 amide bonds. The number of hydrogen-bond acceptors (Lipinski definition) is 3. The van der Waals surface area contributed by atoms with Crippen LogP contribution in [0.25, 0.3) is 0 Å². The Morgan fingerprint density at radius 1 is 0.568 bits per heavy atom. The van der Waals surface area contributed by atoms with Gasteiger partial charge < -0.3 is 9.64 Å². The highest BCUT2D eigenvalue weighted by molar-refractivity contribution is 9.10. The molecule has 178 valence electrons. The largest absolute Gasteiger partial charge is 0.423 e. The molecule has 0 aliphatic carbocycles. The molecule has 0 spiro atoms. The Morgan fingerprint density at radius 2 is 1.03 bits per heavy atom. The normalized spacial score (nSPS) is 10.2. The van der Waals surface area contributed by atoms with E-state index in [0.717, 1.165) is 32.7 Å². The Kier molecular flexibility index (Phi) is 7.45. The lowest BCUT2D eigenvalue weighted by Crippen LogP contribution is -2.09. The van der Waals surface area contributed by atoms with E-state index in [9.17, 15) is 4.79 Å². The van der Waals surface area contributed by atoms with Gasteiger partial charge in [-0.2, -0.15) is 0 Å². The predicted octanol–water partition coefficient (Wildman–Crippen LogP) is 8.54. The maximum Gasteiger partial charge on any atom is 0.343 e. The Morgan fingerprint density at radius 3 is 1.54 bits per heavy atom. The summed E-state index contributed by atoms with van der Waals surface area (Å²) >= 11 is 3.37. The van der Waals surface area contributed by atoms with Gasteiger partial charge in [0.2, 0.25) is 0 Å². The molecule has 0 aliphatic rings. The van der Waals surface area contributed by atoms with Crippen molar-refractivity contribution in [2.45, 2.75) is 0 Å². The lowest BCUT2D eigenvalue weighted by Gasteiger charge is -2.25. The first-order valence-electron chi connectivity index (χ1n) is 11.8. The number of halogens is 1. The molecule has 3 nitrogen and oxygen atoms in total. The molecular weight excluding hydrogens is 522 g/mol. The first-order valence-corrected chi connectivity index (χ1v) is 12.6. The van der Waals surface area contributed by atoms with Crippen LogP contribution in [-0.4, -0.2) is 5.97 Å². The minimum Gasteiger partial charge on any atom is -0.423 e. The maximum atomic E-state index is 12.4. The molecule has 0 saturated heterocycles. The highest BCUT2D eigenvalue weighted by Crippen LogP contribution is 2.34. The SMILES string of the molecule is O=C(Oc1ccc(Br)cc1)c1ccc(C#Cc2ccc(N(c3ccccc3)c3ccccc3)cc2)cc1. The molecule has 0 N–H and O–H groups in total. The standard InChI is InChI=1S/C33H22BrNO2/c34-28-19-23-32(24-20-28)37-33(36)27-17-13-25(14-18-27)11-12-26-15-21-31(22-16-26)35(29-7-3-1-4-8-29)30-9-5-2-6-10-30/h1-10,13-24H. The van der Waals surface area contributed by atoms with Gasteiger partial charge in [-0.1, -0.05) is 64.2 Å². The fourth-order valence-electron chi connectivity index (χ4n) is 3.80. The third kappa shape index (κ3) is 6.16. The number of para-hydroxylation sites is 2. The number of hydrogen-bond donors (Lipinski definition) is 0. The molecule has 0 fully saturated rings. The Balaban J connectivity index is 1.30. The Bertz CT molecular complexity index is 1500. The molecule has 0 saturated carbocycles. The summed E-state index contributed by atoms with van der Waals surface area (Å²) in [7, 11) is 0. The third-order valence-electron chi connectivity index (χ3n) is 5.65. The molecule has 37 heavy (non-hydrogen) atoms. The smallest absolute Gasteiger partial charge is 0.343 e. The fraction of sp³-hybridized carbons (Fsp3) is 0. The fourth-order valence-corrected chi connectivity index (χ4v) is 4.06. The van der Waals surface area contributed by atoms with Crippen molar-refractivity contribution in [1.82, 2.24) is 0 Å². The van der Waals surface area contributed by atoms with Gasteiger partial charge in [0.15, 0.2) is 0 Å². The van der Waals surface area contributed by atoms with Crippen molar-refractivity contribution >= 4 is 39.0 Å². The number of nitrogens with zero attached hydrogens (tertiary/aromatic N) is 1. The van der Waals surface area contributed by atoms with Crippen molar-refractivity contribution in [1.29, 1.82) is 0 Å². The molecule has 5 aromatic rings. The van der Waals surface area contributed by atoms with Crippen molar-refractivity contribution in [3.63, 3.8) is 0 Å². The van der Waals surface area contributed by atoms with Crippen molar-refractivity contribution in [3.8, 4) is 17.6 Å². The van der Waals surface area contributed by atoms with E-state index in [0.29, 0.717) is 11.3 Å². The molecule has 0 aromatic heterocycles. The molecule has 0 heterocycles. The van der Waals surface area contributed by atoms with E-state index in [-0.39, 0.29) is 0 Å². The summed E-state index contributed by atoms with van der Waals surface area (Å²) in [5.41, 5.74) is 5.43. The van der Waals surface area contributed by atoms with Crippen LogP contribution in [0.15, 0.2) is 138 Å². The van der Waals surface area contributed by atoms with Gasteiger partial charge >= 0.3 is 5.97 Å². The topological polar surface area (TPSA) is 29.5 Å². The summed E-state index contributed by atoms with van der Waals surface area (Å²) < 4.78 is 6.34. The van der Waals surface area contributed by atoms with Gasteiger partial charge in [0.05, 0.1) is 5.56 Å². The second kappa shape index (κ2) is 11.4. The van der Waals surface area contributed by atoms with Gasteiger partial charge in [0.1, 0.15) is 5.75 Å². The minimum atomic E-state index is -0.404. The average molecular weight is 544 g/mol. The number of anilines is 3. The number of ether oxygens (including phenoxy) is 1. The quantitative estimate of drug-likeness (QED) is 0.126. The van der Waals surface area contributed by atoms with Gasteiger partial charge in [-0.05, 0) is 97.1 Å². The molecule has 0 unspecified atom stereocenters. The molecule has 5 rings (SSSR count). The van der Waals surface area contributed by atoms with Crippen molar-refractivity contribution in [3.05, 3.63) is 155 Å². The third-order valence-corrected chi connectivity index (χ3v) is 6.18. The van der Waals surface area contributed by atoms with Crippen molar-refractivity contribution in [2.24, 2.45) is 0 Å². The van der Waals surface area contributed by atoms with Crippen LogP contribution >= 0.6 is 15.9 Å². The van der Waals surface area contributed by atoms with Crippen LogP contribution in [0.2, 0.25) is 0 Å². The molecule has 4 heteroatoms. The average Bonchev–Trinajstić information content (AvgIpc) is 2.95. The first-order chi connectivity index (χ1) is 18.2. The summed E-state index contributed by atoms with van der Waals surface area (Å²) in [5, 5.41) is 0. The first kappa shape index (κ1) is 24.1. The second-order valence-electron chi connectivity index (χ2n) is 8.22. The number of carbonyl (C=O) groups is 1. The van der Waals surface area contributed by atoms with Crippen LogP contribution in [0.3, 0.4) is 0 Å². The highest BCUT2D eigenvalue weighted by atomic mass is 79.9. The summed E-state index contributed by atoms with van der Waals surface area (Å²) in [4.78, 5) is 14.6. The predicted molar refractivity (Wildman–Crippen MR) is 153 cm³/mol. The molecular formula is C33H22BrNO2. The maximum absolute atomic E-state index is 12.4. The number of benzene rings is 5. The van der Waals surface area contributed by atoms with Gasteiger partial charge in [-0.3, -0.25) is 0 Å². The van der Waals surface area contributed by atoms with Crippen LogP contribution in [0.1, 0.15) is 21.5 Å². The van der Waals surface area contributed by atoms with E-state index in [2.05, 4.69) is 69.1 Å². The molecule has 5 aromatic carbocycles. The lowest BCUT2D eigenvalue weighted by atomic mass is 10.1. The number of carbonyl (C=O) groups excluding carboxylic acids is 1. The van der Waals surface area contributed by atoms with Crippen LogP contribution in [-0.2, 0) is 0 Å². The van der Waals surface area contributed by atoms with Crippen LogP contribution in [0.4, 0.5) is 17.1 Å². The van der Waals surface area contributed by atoms with Crippen LogP contribution in [0.5, 0.6) is 5.75 Å². The van der Waals surface area contributed by atoms with E-state index < -0.39 is 5.97 Å². The van der Waals surface area contributed by atoms with Gasteiger partial charge in [-0.15, -0.1) is 0 Å². The molecule has 0 bridgehead atoms. The van der Waals surface area contributed by atoms with Crippen LogP contribution < -0.4 is 9.64 Å². The summed E-state index contributed by atoms with van der Waals surface area (Å²) in [6.45, 7) is 0. The van der Waals surface area contributed by atoms with Crippen molar-refractivity contribution < 1.29 is 9.53 Å². The zero-order chi connectivity index (χ0) is 25.5.